The van der Waals surface area contributed by atoms with Gasteiger partial charge in [0.1, 0.15) is 11.0 Å². The average molecular weight is 485 g/mol. The minimum atomic E-state index is -2.10. The van der Waals surface area contributed by atoms with Crippen molar-refractivity contribution in [3.8, 4) is 5.69 Å². The van der Waals surface area contributed by atoms with Crippen LogP contribution in [0.25, 0.3) is 16.7 Å². The van der Waals surface area contributed by atoms with Crippen LogP contribution in [0, 0.1) is 6.92 Å². The number of hydrogen-bond donors (Lipinski definition) is 2. The quantitative estimate of drug-likeness (QED) is 0.382. The van der Waals surface area contributed by atoms with Crippen LogP contribution >= 0.6 is 47.0 Å². The Morgan fingerprint density at radius 3 is 2.37 bits per heavy atom. The first kappa shape index (κ1) is 22.7. The molecular weight excluding hydrogens is 465 g/mol. The van der Waals surface area contributed by atoms with E-state index in [2.05, 4.69) is 39.9 Å². The van der Waals surface area contributed by atoms with E-state index in [1.54, 1.807) is 10.9 Å². The summed E-state index contributed by atoms with van der Waals surface area (Å²) in [6, 6.07) is 11.9. The molecule has 1 amide bonds. The molecule has 0 atom stereocenters. The molecule has 1 aromatic heterocycles. The Morgan fingerprint density at radius 1 is 1.13 bits per heavy atom. The van der Waals surface area contributed by atoms with Gasteiger partial charge >= 0.3 is 0 Å². The molecule has 1 heterocycles. The molecule has 0 saturated carbocycles. The fourth-order valence-corrected chi connectivity index (χ4v) is 3.17. The maximum absolute atomic E-state index is 11.7. The Labute approximate surface area is 194 Å². The predicted molar refractivity (Wildman–Crippen MR) is 127 cm³/mol. The molecule has 0 unspecified atom stereocenters. The van der Waals surface area contributed by atoms with E-state index in [-0.39, 0.29) is 5.11 Å². The minimum Gasteiger partial charge on any atom is -0.332 e. The number of alkyl halides is 3. The number of nitrogens with zero attached hydrogens (tertiary/aromatic N) is 3. The highest BCUT2D eigenvalue weighted by Crippen LogP contribution is 2.26. The molecule has 3 aromatic rings. The maximum atomic E-state index is 11.7. The maximum Gasteiger partial charge on any atom is 0.278 e. The molecule has 2 aromatic carbocycles. The van der Waals surface area contributed by atoms with E-state index in [9.17, 15) is 4.79 Å². The van der Waals surface area contributed by atoms with Crippen LogP contribution in [-0.2, 0) is 11.2 Å². The highest BCUT2D eigenvalue weighted by Gasteiger charge is 2.31. The van der Waals surface area contributed by atoms with Gasteiger partial charge in [-0.25, -0.2) is 0 Å². The van der Waals surface area contributed by atoms with E-state index >= 15 is 0 Å². The van der Waals surface area contributed by atoms with E-state index in [0.717, 1.165) is 23.2 Å². The number of carbonyl (C=O) groups excluding carboxylic acids is 1. The van der Waals surface area contributed by atoms with Crippen molar-refractivity contribution < 1.29 is 4.79 Å². The number of benzene rings is 2. The normalized spacial score (nSPS) is 11.5. The number of hydrogen-bond acceptors (Lipinski definition) is 4. The second-order valence-electron chi connectivity index (χ2n) is 6.82. The van der Waals surface area contributed by atoms with E-state index in [1.807, 2.05) is 25.1 Å². The Hall–Kier alpha value is -1.93. The summed E-state index contributed by atoms with van der Waals surface area (Å²) in [6.07, 6.45) is 3.40. The summed E-state index contributed by atoms with van der Waals surface area (Å²) >= 11 is 21.8. The van der Waals surface area contributed by atoms with Gasteiger partial charge in [0.05, 0.1) is 5.69 Å². The standard InChI is InChI=1S/C20H20Cl3N5OS/c1-3-4-5-13-6-8-14(9-7-13)28-26-16-10-12(2)15(11-17(16)27-28)24-19(30)25-18(29)20(21,22)23/h6-11H,3-5H2,1-2H3,(H2,24,25,29,30). The molecule has 6 nitrogen and oxygen atoms in total. The molecule has 10 heteroatoms. The van der Waals surface area contributed by atoms with Gasteiger partial charge in [-0.15, -0.1) is 10.2 Å². The van der Waals surface area contributed by atoms with Crippen molar-refractivity contribution in [3.05, 3.63) is 47.5 Å². The number of nitrogens with one attached hydrogen (secondary N) is 2. The zero-order valence-electron chi connectivity index (χ0n) is 16.4. The van der Waals surface area contributed by atoms with Gasteiger partial charge in [0.15, 0.2) is 5.11 Å². The fraction of sp³-hybridized carbons (Fsp3) is 0.300. The van der Waals surface area contributed by atoms with Gasteiger partial charge < -0.3 is 5.32 Å². The molecular formula is C20H20Cl3N5OS. The fourth-order valence-electron chi connectivity index (χ4n) is 2.82. The number of carbonyl (C=O) groups is 1. The third kappa shape index (κ3) is 5.60. The molecule has 30 heavy (non-hydrogen) atoms. The predicted octanol–water partition coefficient (Wildman–Crippen LogP) is 5.25. The molecule has 3 rings (SSSR count). The van der Waals surface area contributed by atoms with E-state index < -0.39 is 9.70 Å². The summed E-state index contributed by atoms with van der Waals surface area (Å²) in [5.41, 5.74) is 5.13. The first-order chi connectivity index (χ1) is 14.2. The lowest BCUT2D eigenvalue weighted by Gasteiger charge is -2.14. The molecule has 0 radical (unpaired) electrons. The van der Waals surface area contributed by atoms with E-state index in [0.29, 0.717) is 11.2 Å². The SMILES string of the molecule is CCCCc1ccc(-n2nc3cc(C)c(NC(=S)NC(=O)C(Cl)(Cl)Cl)cc3n2)cc1. The van der Waals surface area contributed by atoms with Crippen molar-refractivity contribution in [2.24, 2.45) is 0 Å². The van der Waals surface area contributed by atoms with Gasteiger partial charge in [-0.1, -0.05) is 60.3 Å². The Bertz CT molecular complexity index is 1080. The van der Waals surface area contributed by atoms with Crippen LogP contribution in [0.3, 0.4) is 0 Å². The molecule has 2 N–H and O–H groups in total. The molecule has 0 aliphatic carbocycles. The average Bonchev–Trinajstić information content (AvgIpc) is 3.09. The number of halogens is 3. The summed E-state index contributed by atoms with van der Waals surface area (Å²) in [5, 5.41) is 14.4. The van der Waals surface area contributed by atoms with Crippen molar-refractivity contribution in [3.63, 3.8) is 0 Å². The molecule has 0 spiro atoms. The van der Waals surface area contributed by atoms with E-state index in [4.69, 9.17) is 47.0 Å². The first-order valence-electron chi connectivity index (χ1n) is 9.33. The van der Waals surface area contributed by atoms with Crippen molar-refractivity contribution >= 4 is 74.8 Å². The Morgan fingerprint density at radius 2 is 1.77 bits per heavy atom. The van der Waals surface area contributed by atoms with E-state index in [1.165, 1.54) is 18.4 Å². The van der Waals surface area contributed by atoms with Gasteiger partial charge in [0, 0.05) is 5.69 Å². The third-order valence-corrected chi connectivity index (χ3v) is 5.16. The number of aryl methyl sites for hydroxylation is 2. The van der Waals surface area contributed by atoms with Crippen LogP contribution in [0.5, 0.6) is 0 Å². The van der Waals surface area contributed by atoms with Crippen LogP contribution in [-0.4, -0.2) is 29.8 Å². The number of unbranched alkanes of at least 4 members (excludes halogenated alkanes) is 1. The number of anilines is 1. The second kappa shape index (κ2) is 9.47. The Balaban J connectivity index is 1.79. The lowest BCUT2D eigenvalue weighted by Crippen LogP contribution is -2.41. The monoisotopic (exact) mass is 483 g/mol. The molecule has 0 aliphatic rings. The number of aromatic nitrogens is 3. The van der Waals surface area contributed by atoms with Crippen molar-refractivity contribution in [2.75, 3.05) is 5.32 Å². The number of thiocarbonyl (C=S) groups is 1. The lowest BCUT2D eigenvalue weighted by molar-refractivity contribution is -0.118. The van der Waals surface area contributed by atoms with Gasteiger partial charge in [-0.3, -0.25) is 10.1 Å². The van der Waals surface area contributed by atoms with Crippen LogP contribution in [0.15, 0.2) is 36.4 Å². The van der Waals surface area contributed by atoms with Gasteiger partial charge in [-0.2, -0.15) is 4.80 Å². The number of rotatable bonds is 5. The van der Waals surface area contributed by atoms with Crippen molar-refractivity contribution in [1.29, 1.82) is 0 Å². The summed E-state index contributed by atoms with van der Waals surface area (Å²) in [5.74, 6) is -0.836. The Kier molecular flexibility index (Phi) is 7.18. The summed E-state index contributed by atoms with van der Waals surface area (Å²) < 4.78 is -2.10. The summed E-state index contributed by atoms with van der Waals surface area (Å²) in [7, 11) is 0. The topological polar surface area (TPSA) is 71.8 Å². The smallest absolute Gasteiger partial charge is 0.278 e. The molecule has 158 valence electrons. The largest absolute Gasteiger partial charge is 0.332 e. The number of amides is 1. The van der Waals surface area contributed by atoms with Crippen LogP contribution in [0.2, 0.25) is 0 Å². The van der Waals surface area contributed by atoms with Gasteiger partial charge in [0.25, 0.3) is 9.70 Å². The number of fused-ring (bicyclic) bond motifs is 1. The van der Waals surface area contributed by atoms with Gasteiger partial charge in [0.2, 0.25) is 0 Å². The third-order valence-electron chi connectivity index (χ3n) is 4.45. The zero-order chi connectivity index (χ0) is 21.9. The van der Waals surface area contributed by atoms with Crippen LogP contribution in [0.4, 0.5) is 5.69 Å². The second-order valence-corrected chi connectivity index (χ2v) is 9.51. The van der Waals surface area contributed by atoms with Crippen molar-refractivity contribution in [2.45, 2.75) is 36.9 Å². The first-order valence-corrected chi connectivity index (χ1v) is 10.9. The molecule has 0 saturated heterocycles. The van der Waals surface area contributed by atoms with Crippen molar-refractivity contribution in [1.82, 2.24) is 20.3 Å². The molecule has 0 bridgehead atoms. The molecule has 0 aliphatic heterocycles. The highest BCUT2D eigenvalue weighted by molar-refractivity contribution is 7.80. The summed E-state index contributed by atoms with van der Waals surface area (Å²) in [4.78, 5) is 13.3. The lowest BCUT2D eigenvalue weighted by atomic mass is 10.1. The van der Waals surface area contributed by atoms with Crippen LogP contribution < -0.4 is 10.6 Å². The van der Waals surface area contributed by atoms with Gasteiger partial charge in [-0.05, 0) is 67.4 Å². The molecule has 0 fully saturated rings. The minimum absolute atomic E-state index is 0.0174. The summed E-state index contributed by atoms with van der Waals surface area (Å²) in [6.45, 7) is 4.07. The van der Waals surface area contributed by atoms with Crippen LogP contribution in [0.1, 0.15) is 30.9 Å². The zero-order valence-corrected chi connectivity index (χ0v) is 19.5. The highest BCUT2D eigenvalue weighted by atomic mass is 35.6.